The molecule has 2 N–H and O–H groups in total. The Hall–Kier alpha value is -2.59. The summed E-state index contributed by atoms with van der Waals surface area (Å²) in [6, 6.07) is 12.4. The third-order valence-corrected chi connectivity index (χ3v) is 6.20. The zero-order valence-corrected chi connectivity index (χ0v) is 22.9. The number of hydrogen-bond acceptors (Lipinski definition) is 8. The second-order valence-electron chi connectivity index (χ2n) is 9.70. The maximum atomic E-state index is 13.8. The fourth-order valence-corrected chi connectivity index (χ4v) is 4.57. The molecule has 8 nitrogen and oxygen atoms in total. The highest BCUT2D eigenvalue weighted by molar-refractivity contribution is 7.00. The largest absolute Gasteiger partial charge is 0.488 e. The average molecular weight is 515 g/mol. The molecule has 3 aromatic rings. The van der Waals surface area contributed by atoms with Gasteiger partial charge in [-0.25, -0.2) is 0 Å². The predicted molar refractivity (Wildman–Crippen MR) is 143 cm³/mol. The Labute approximate surface area is 218 Å². The topological polar surface area (TPSA) is 99.8 Å². The lowest BCUT2D eigenvalue weighted by atomic mass is 10.0. The minimum absolute atomic E-state index is 0.179. The second kappa shape index (κ2) is 12.6. The minimum Gasteiger partial charge on any atom is -0.488 e. The van der Waals surface area contributed by atoms with Crippen LogP contribution >= 0.6 is 11.7 Å². The maximum Gasteiger partial charge on any atom is 0.240 e. The number of rotatable bonds is 12. The van der Waals surface area contributed by atoms with Crippen LogP contribution in [0.3, 0.4) is 0 Å². The number of amides is 1. The second-order valence-corrected chi connectivity index (χ2v) is 10.2. The molecule has 0 aliphatic carbocycles. The van der Waals surface area contributed by atoms with Crippen molar-refractivity contribution in [3.8, 4) is 5.75 Å². The first kappa shape index (κ1) is 28.0. The fraction of sp³-hybridized carbons (Fsp3) is 0.519. The van der Waals surface area contributed by atoms with Crippen LogP contribution < -0.4 is 10.5 Å². The molecule has 3 rings (SSSR count). The van der Waals surface area contributed by atoms with Crippen LogP contribution in [0.2, 0.25) is 0 Å². The molecule has 0 saturated carbocycles. The Bertz CT molecular complexity index is 1110. The van der Waals surface area contributed by atoms with Crippen molar-refractivity contribution < 1.29 is 19.0 Å². The van der Waals surface area contributed by atoms with Crippen LogP contribution in [0.1, 0.15) is 52.7 Å². The minimum atomic E-state index is -0.738. The van der Waals surface area contributed by atoms with Gasteiger partial charge in [-0.05, 0) is 71.7 Å². The summed E-state index contributed by atoms with van der Waals surface area (Å²) in [6.45, 7) is 13.0. The van der Waals surface area contributed by atoms with Crippen LogP contribution in [0, 0.1) is 0 Å². The predicted octanol–water partition coefficient (Wildman–Crippen LogP) is 4.55. The molecule has 0 fully saturated rings. The SMILES string of the molecule is CCOC(OCC)C(C)N(Cc1cccc2nsnc12)C(=O)C(N)Cc1ccc(OC(C)(C)C)cc1. The highest BCUT2D eigenvalue weighted by Crippen LogP contribution is 2.23. The summed E-state index contributed by atoms with van der Waals surface area (Å²) in [5.41, 5.74) is 9.68. The number of hydrogen-bond donors (Lipinski definition) is 1. The van der Waals surface area contributed by atoms with E-state index >= 15 is 0 Å². The Morgan fingerprint density at radius 3 is 2.33 bits per heavy atom. The Balaban J connectivity index is 1.83. The number of nitrogens with zero attached hydrogens (tertiary/aromatic N) is 3. The van der Waals surface area contributed by atoms with Crippen LogP contribution in [0.5, 0.6) is 5.75 Å². The Morgan fingerprint density at radius 2 is 1.72 bits per heavy atom. The summed E-state index contributed by atoms with van der Waals surface area (Å²) in [5.74, 6) is 0.602. The van der Waals surface area contributed by atoms with E-state index in [0.717, 1.165) is 39.6 Å². The summed E-state index contributed by atoms with van der Waals surface area (Å²) in [4.78, 5) is 15.5. The van der Waals surface area contributed by atoms with Gasteiger partial charge in [0, 0.05) is 25.3 Å². The molecule has 0 aliphatic rings. The standard InChI is InChI=1S/C27H38N4O4S/c1-7-33-26(34-8-2)18(3)31(17-20-10-9-11-23-24(20)30-36-29-23)25(32)22(28)16-19-12-14-21(15-13-19)35-27(4,5)6/h9-15,18,22,26H,7-8,16-17,28H2,1-6H3. The molecule has 0 bridgehead atoms. The number of nitrogens with two attached hydrogens (primary N) is 1. The lowest BCUT2D eigenvalue weighted by Gasteiger charge is -2.36. The van der Waals surface area contributed by atoms with E-state index in [0.29, 0.717) is 26.2 Å². The van der Waals surface area contributed by atoms with Crippen molar-refractivity contribution in [1.82, 2.24) is 13.6 Å². The lowest BCUT2D eigenvalue weighted by molar-refractivity contribution is -0.179. The van der Waals surface area contributed by atoms with E-state index in [-0.39, 0.29) is 17.6 Å². The van der Waals surface area contributed by atoms with Crippen LogP contribution in [0.25, 0.3) is 11.0 Å². The van der Waals surface area contributed by atoms with Gasteiger partial charge in [-0.15, -0.1) is 0 Å². The summed E-state index contributed by atoms with van der Waals surface area (Å²) in [6.07, 6.45) is -0.174. The molecule has 1 amide bonds. The quantitative estimate of drug-likeness (QED) is 0.354. The van der Waals surface area contributed by atoms with E-state index < -0.39 is 12.3 Å². The average Bonchev–Trinajstić information content (AvgIpc) is 3.31. The molecule has 2 unspecified atom stereocenters. The van der Waals surface area contributed by atoms with Gasteiger partial charge in [0.25, 0.3) is 0 Å². The van der Waals surface area contributed by atoms with Gasteiger partial charge in [0.05, 0.1) is 23.8 Å². The lowest BCUT2D eigenvalue weighted by Crippen LogP contribution is -2.52. The maximum absolute atomic E-state index is 13.8. The first-order valence-corrected chi connectivity index (χ1v) is 13.1. The molecule has 0 saturated heterocycles. The molecule has 1 aromatic heterocycles. The molecule has 0 spiro atoms. The molecule has 2 atom stereocenters. The van der Waals surface area contributed by atoms with Gasteiger partial charge in [-0.2, -0.15) is 8.75 Å². The number of aromatic nitrogens is 2. The van der Waals surface area contributed by atoms with Crippen molar-refractivity contribution in [2.45, 2.75) is 78.5 Å². The molecule has 0 aliphatic heterocycles. The van der Waals surface area contributed by atoms with E-state index in [1.54, 1.807) is 4.90 Å². The number of carbonyl (C=O) groups is 1. The van der Waals surface area contributed by atoms with Gasteiger partial charge in [0.2, 0.25) is 5.91 Å². The van der Waals surface area contributed by atoms with E-state index in [2.05, 4.69) is 8.75 Å². The number of carbonyl (C=O) groups excluding carboxylic acids is 1. The third kappa shape index (κ3) is 7.46. The summed E-state index contributed by atoms with van der Waals surface area (Å²) in [5, 5.41) is 0. The Morgan fingerprint density at radius 1 is 1.06 bits per heavy atom. The summed E-state index contributed by atoms with van der Waals surface area (Å²) < 4.78 is 26.4. The number of benzene rings is 2. The molecular formula is C27H38N4O4S. The zero-order chi connectivity index (χ0) is 26.3. The Kier molecular flexibility index (Phi) is 9.78. The smallest absolute Gasteiger partial charge is 0.240 e. The van der Waals surface area contributed by atoms with Crippen LogP contribution in [0.4, 0.5) is 0 Å². The van der Waals surface area contributed by atoms with Crippen molar-refractivity contribution >= 4 is 28.7 Å². The van der Waals surface area contributed by atoms with Gasteiger partial charge < -0.3 is 24.8 Å². The highest BCUT2D eigenvalue weighted by atomic mass is 32.1. The molecule has 36 heavy (non-hydrogen) atoms. The number of ether oxygens (including phenoxy) is 3. The van der Waals surface area contributed by atoms with E-state index in [1.165, 1.54) is 0 Å². The molecular weight excluding hydrogens is 476 g/mol. The van der Waals surface area contributed by atoms with Crippen LogP contribution in [-0.4, -0.2) is 56.7 Å². The van der Waals surface area contributed by atoms with Crippen molar-refractivity contribution in [2.24, 2.45) is 5.73 Å². The van der Waals surface area contributed by atoms with Crippen molar-refractivity contribution in [3.05, 3.63) is 53.6 Å². The molecule has 196 valence electrons. The van der Waals surface area contributed by atoms with Gasteiger partial charge in [0.1, 0.15) is 22.4 Å². The monoisotopic (exact) mass is 514 g/mol. The zero-order valence-electron chi connectivity index (χ0n) is 22.1. The summed E-state index contributed by atoms with van der Waals surface area (Å²) >= 11 is 1.16. The molecule has 1 heterocycles. The van der Waals surface area contributed by atoms with Gasteiger partial charge in [0.15, 0.2) is 6.29 Å². The number of fused-ring (bicyclic) bond motifs is 1. The van der Waals surface area contributed by atoms with Crippen molar-refractivity contribution in [1.29, 1.82) is 0 Å². The van der Waals surface area contributed by atoms with E-state index in [9.17, 15) is 4.79 Å². The van der Waals surface area contributed by atoms with Crippen molar-refractivity contribution in [3.63, 3.8) is 0 Å². The van der Waals surface area contributed by atoms with Gasteiger partial charge in [-0.3, -0.25) is 4.79 Å². The normalized spacial score (nSPS) is 13.7. The third-order valence-electron chi connectivity index (χ3n) is 5.66. The van der Waals surface area contributed by atoms with Gasteiger partial charge >= 0.3 is 0 Å². The van der Waals surface area contributed by atoms with Gasteiger partial charge in [-0.1, -0.05) is 24.3 Å². The fourth-order valence-electron chi connectivity index (χ4n) is 4.00. The van der Waals surface area contributed by atoms with Crippen LogP contribution in [-0.2, 0) is 27.2 Å². The molecule has 2 aromatic carbocycles. The van der Waals surface area contributed by atoms with E-state index in [1.807, 2.05) is 84.0 Å². The molecule has 0 radical (unpaired) electrons. The van der Waals surface area contributed by atoms with Crippen molar-refractivity contribution in [2.75, 3.05) is 13.2 Å². The highest BCUT2D eigenvalue weighted by Gasteiger charge is 2.32. The first-order valence-electron chi connectivity index (χ1n) is 12.4. The van der Waals surface area contributed by atoms with E-state index in [4.69, 9.17) is 19.9 Å². The van der Waals surface area contributed by atoms with Crippen LogP contribution in [0.15, 0.2) is 42.5 Å². The first-order chi connectivity index (χ1) is 17.1. The summed E-state index contributed by atoms with van der Waals surface area (Å²) in [7, 11) is 0. The molecule has 9 heteroatoms.